The van der Waals surface area contributed by atoms with Crippen molar-refractivity contribution in [3.63, 3.8) is 0 Å². The quantitative estimate of drug-likeness (QED) is 0.511. The molecule has 1 aliphatic heterocycles. The second-order valence-corrected chi connectivity index (χ2v) is 8.31. The molecule has 7 nitrogen and oxygen atoms in total. The minimum Gasteiger partial charge on any atom is -0.545 e. The summed E-state index contributed by atoms with van der Waals surface area (Å²) in [6, 6.07) is 22.7. The van der Waals surface area contributed by atoms with Crippen molar-refractivity contribution in [1.29, 1.82) is 5.26 Å². The van der Waals surface area contributed by atoms with E-state index in [1.165, 1.54) is 28.8 Å². The minimum absolute atomic E-state index is 0.0126. The van der Waals surface area contributed by atoms with Crippen molar-refractivity contribution >= 4 is 40.6 Å². The predicted octanol–water partition coefficient (Wildman–Crippen LogP) is 3.73. The zero-order valence-corrected chi connectivity index (χ0v) is 18.9. The van der Waals surface area contributed by atoms with Crippen LogP contribution in [-0.2, 0) is 11.4 Å². The Morgan fingerprint density at radius 2 is 1.91 bits per heavy atom. The summed E-state index contributed by atoms with van der Waals surface area (Å²) in [6.07, 6.45) is 1.73. The summed E-state index contributed by atoms with van der Waals surface area (Å²) < 4.78 is 5.97. The normalized spacial score (nSPS) is 15.5. The third kappa shape index (κ3) is 5.00. The summed E-state index contributed by atoms with van der Waals surface area (Å²) in [6.45, 7) is 0.215. The van der Waals surface area contributed by atoms with Gasteiger partial charge in [-0.2, -0.15) is 5.26 Å². The van der Waals surface area contributed by atoms with Gasteiger partial charge in [0, 0.05) is 18.2 Å². The summed E-state index contributed by atoms with van der Waals surface area (Å²) in [5.41, 5.74) is 2.45. The molecule has 0 radical (unpaired) electrons. The van der Waals surface area contributed by atoms with E-state index in [-0.39, 0.29) is 18.1 Å². The van der Waals surface area contributed by atoms with Gasteiger partial charge in [0.2, 0.25) is 0 Å². The lowest BCUT2D eigenvalue weighted by molar-refractivity contribution is -0.255. The fourth-order valence-corrected chi connectivity index (χ4v) is 4.23. The molecule has 0 bridgehead atoms. The molecular weight excluding hydrogens is 450 g/mol. The SMILES string of the molecule is CN1C(=O)/C(=C/c2ccccc2OCc2ccccc2C#N)SC1=Nc1cccc(C(=O)[O-])c1. The van der Waals surface area contributed by atoms with Crippen molar-refractivity contribution < 1.29 is 19.4 Å². The van der Waals surface area contributed by atoms with Gasteiger partial charge in [-0.15, -0.1) is 0 Å². The highest BCUT2D eigenvalue weighted by molar-refractivity contribution is 8.18. The van der Waals surface area contributed by atoms with Crippen molar-refractivity contribution in [2.75, 3.05) is 7.05 Å². The number of aromatic carboxylic acids is 1. The number of carboxylic acid groups (broad SMARTS) is 1. The number of benzene rings is 3. The smallest absolute Gasteiger partial charge is 0.266 e. The molecule has 168 valence electrons. The minimum atomic E-state index is -1.29. The highest BCUT2D eigenvalue weighted by atomic mass is 32.2. The first-order valence-electron chi connectivity index (χ1n) is 10.2. The Morgan fingerprint density at radius 3 is 2.71 bits per heavy atom. The van der Waals surface area contributed by atoms with Crippen LogP contribution in [0.1, 0.15) is 27.0 Å². The van der Waals surface area contributed by atoms with Crippen LogP contribution in [0.3, 0.4) is 0 Å². The fraction of sp³-hybridized carbons (Fsp3) is 0.0769. The second-order valence-electron chi connectivity index (χ2n) is 7.30. The molecule has 3 aromatic carbocycles. The highest BCUT2D eigenvalue weighted by Gasteiger charge is 2.30. The summed E-state index contributed by atoms with van der Waals surface area (Å²) in [7, 11) is 1.61. The number of likely N-dealkylation sites (N-methyl/N-ethyl adjacent to an activating group) is 1. The molecule has 8 heteroatoms. The van der Waals surface area contributed by atoms with E-state index in [0.29, 0.717) is 32.6 Å². The van der Waals surface area contributed by atoms with Crippen LogP contribution in [0.25, 0.3) is 6.08 Å². The molecule has 1 fully saturated rings. The molecule has 1 amide bonds. The van der Waals surface area contributed by atoms with E-state index in [0.717, 1.165) is 5.56 Å². The number of amidine groups is 1. The molecule has 0 N–H and O–H groups in total. The van der Waals surface area contributed by atoms with E-state index in [4.69, 9.17) is 4.74 Å². The fourth-order valence-electron chi connectivity index (χ4n) is 3.25. The standard InChI is InChI=1S/C26H19N3O4S/c1-29-24(30)23(34-26(29)28-21-11-6-10-18(13-21)25(31)32)14-17-7-4-5-12-22(17)33-16-20-9-3-2-8-19(20)15-27/h2-14H,16H2,1H3,(H,31,32)/p-1/b23-14-,28-26?. The first-order chi connectivity index (χ1) is 16.5. The number of para-hydroxylation sites is 1. The average molecular weight is 469 g/mol. The number of nitrogens with zero attached hydrogens (tertiary/aromatic N) is 3. The zero-order chi connectivity index (χ0) is 24.1. The maximum Gasteiger partial charge on any atom is 0.266 e. The van der Waals surface area contributed by atoms with Gasteiger partial charge in [0.15, 0.2) is 5.17 Å². The molecule has 0 spiro atoms. The maximum absolute atomic E-state index is 12.8. The van der Waals surface area contributed by atoms with E-state index in [1.54, 1.807) is 43.5 Å². The molecule has 0 atom stereocenters. The van der Waals surface area contributed by atoms with Gasteiger partial charge in [0.25, 0.3) is 5.91 Å². The van der Waals surface area contributed by atoms with Crippen LogP contribution in [0.4, 0.5) is 5.69 Å². The van der Waals surface area contributed by atoms with Gasteiger partial charge in [-0.3, -0.25) is 9.69 Å². The van der Waals surface area contributed by atoms with Crippen LogP contribution in [0.15, 0.2) is 82.7 Å². The molecule has 0 aromatic heterocycles. The largest absolute Gasteiger partial charge is 0.545 e. The van der Waals surface area contributed by atoms with E-state index < -0.39 is 5.97 Å². The number of carbonyl (C=O) groups excluding carboxylic acids is 2. The Hall–Kier alpha value is -4.35. The summed E-state index contributed by atoms with van der Waals surface area (Å²) in [5.74, 6) is -0.949. The number of aliphatic imine (C=N–C) groups is 1. The summed E-state index contributed by atoms with van der Waals surface area (Å²) >= 11 is 1.19. The molecule has 34 heavy (non-hydrogen) atoms. The lowest BCUT2D eigenvalue weighted by Crippen LogP contribution is -2.23. The zero-order valence-electron chi connectivity index (χ0n) is 18.1. The summed E-state index contributed by atoms with van der Waals surface area (Å²) in [4.78, 5) is 30.2. The lowest BCUT2D eigenvalue weighted by atomic mass is 10.1. The molecule has 0 aliphatic carbocycles. The number of nitriles is 1. The topological polar surface area (TPSA) is 106 Å². The molecule has 4 rings (SSSR count). The Balaban J connectivity index is 1.58. The van der Waals surface area contributed by atoms with Gasteiger partial charge in [-0.25, -0.2) is 4.99 Å². The number of amides is 1. The van der Waals surface area contributed by atoms with Gasteiger partial charge < -0.3 is 14.6 Å². The lowest BCUT2D eigenvalue weighted by Gasteiger charge is -2.10. The van der Waals surface area contributed by atoms with Gasteiger partial charge in [0.05, 0.1) is 28.2 Å². The van der Waals surface area contributed by atoms with E-state index in [9.17, 15) is 20.0 Å². The number of hydrogen-bond donors (Lipinski definition) is 0. The van der Waals surface area contributed by atoms with Gasteiger partial charge >= 0.3 is 0 Å². The number of rotatable bonds is 6. The van der Waals surface area contributed by atoms with Crippen molar-refractivity contribution in [1.82, 2.24) is 4.90 Å². The summed E-state index contributed by atoms with van der Waals surface area (Å²) in [5, 5.41) is 20.8. The highest BCUT2D eigenvalue weighted by Crippen LogP contribution is 2.35. The van der Waals surface area contributed by atoms with Crippen molar-refractivity contribution in [2.45, 2.75) is 6.61 Å². The van der Waals surface area contributed by atoms with E-state index >= 15 is 0 Å². The van der Waals surface area contributed by atoms with Crippen molar-refractivity contribution in [3.05, 3.63) is 100.0 Å². The third-order valence-electron chi connectivity index (χ3n) is 5.04. The van der Waals surface area contributed by atoms with Crippen molar-refractivity contribution in [2.24, 2.45) is 4.99 Å². The first-order valence-corrected chi connectivity index (χ1v) is 11.1. The Morgan fingerprint density at radius 1 is 1.15 bits per heavy atom. The first kappa shape index (κ1) is 22.8. The van der Waals surface area contributed by atoms with Crippen LogP contribution in [0, 0.1) is 11.3 Å². The Kier molecular flexibility index (Phi) is 6.76. The number of carboxylic acids is 1. The van der Waals surface area contributed by atoms with Gasteiger partial charge in [0.1, 0.15) is 12.4 Å². The Bertz CT molecular complexity index is 1370. The molecule has 1 saturated heterocycles. The number of hydrogen-bond acceptors (Lipinski definition) is 7. The van der Waals surface area contributed by atoms with Crippen LogP contribution in [-0.4, -0.2) is 29.0 Å². The number of carbonyl (C=O) groups is 2. The Labute approximate surface area is 200 Å². The molecular formula is C26H18N3O4S-. The second kappa shape index (κ2) is 10.1. The number of thioether (sulfide) groups is 1. The predicted molar refractivity (Wildman–Crippen MR) is 128 cm³/mol. The molecule has 1 heterocycles. The van der Waals surface area contributed by atoms with Crippen LogP contribution >= 0.6 is 11.8 Å². The van der Waals surface area contributed by atoms with Gasteiger partial charge in [-0.05, 0) is 47.7 Å². The van der Waals surface area contributed by atoms with Crippen LogP contribution in [0.5, 0.6) is 5.75 Å². The molecule has 1 aliphatic rings. The maximum atomic E-state index is 12.8. The van der Waals surface area contributed by atoms with E-state index in [2.05, 4.69) is 11.1 Å². The van der Waals surface area contributed by atoms with Crippen molar-refractivity contribution in [3.8, 4) is 11.8 Å². The van der Waals surface area contributed by atoms with Crippen LogP contribution in [0.2, 0.25) is 0 Å². The van der Waals surface area contributed by atoms with Crippen LogP contribution < -0.4 is 9.84 Å². The number of ether oxygens (including phenoxy) is 1. The van der Waals surface area contributed by atoms with E-state index in [1.807, 2.05) is 30.3 Å². The molecule has 0 unspecified atom stereocenters. The average Bonchev–Trinajstić information content (AvgIpc) is 3.11. The monoisotopic (exact) mass is 468 g/mol. The molecule has 3 aromatic rings. The molecule has 0 saturated carbocycles. The third-order valence-corrected chi connectivity index (χ3v) is 6.10. The van der Waals surface area contributed by atoms with Gasteiger partial charge in [-0.1, -0.05) is 48.5 Å².